The molecule has 8 heavy (non-hydrogen) atoms. The molecule has 0 heterocycles. The SMILES string of the molecule is C=CC#CC=CCO. The highest BCUT2D eigenvalue weighted by Gasteiger charge is 1.58. The summed E-state index contributed by atoms with van der Waals surface area (Å²) in [7, 11) is 0. The van der Waals surface area contributed by atoms with Gasteiger partial charge in [0, 0.05) is 0 Å². The second-order valence-corrected chi connectivity index (χ2v) is 1.08. The molecule has 1 nitrogen and oxygen atoms in total. The Hall–Kier alpha value is -1.00. The first kappa shape index (κ1) is 7.00. The fourth-order valence-corrected chi connectivity index (χ4v) is 0.219. The maximum atomic E-state index is 8.19. The summed E-state index contributed by atoms with van der Waals surface area (Å²) in [6.07, 6.45) is 4.65. The summed E-state index contributed by atoms with van der Waals surface area (Å²) in [6, 6.07) is 0. The average Bonchev–Trinajstić information content (AvgIpc) is 1.81. The van der Waals surface area contributed by atoms with E-state index in [1.807, 2.05) is 0 Å². The van der Waals surface area contributed by atoms with Crippen LogP contribution in [0.15, 0.2) is 24.8 Å². The maximum absolute atomic E-state index is 8.19. The number of aliphatic hydroxyl groups excluding tert-OH is 1. The molecule has 0 rings (SSSR count). The smallest absolute Gasteiger partial charge is 0.0621 e. The summed E-state index contributed by atoms with van der Waals surface area (Å²) in [5.41, 5.74) is 0. The van der Waals surface area contributed by atoms with Crippen LogP contribution in [0.1, 0.15) is 0 Å². The van der Waals surface area contributed by atoms with Crippen molar-refractivity contribution in [3.8, 4) is 11.8 Å². The van der Waals surface area contributed by atoms with Crippen LogP contribution in [-0.2, 0) is 0 Å². The predicted molar refractivity (Wildman–Crippen MR) is 34.2 cm³/mol. The van der Waals surface area contributed by atoms with E-state index in [0.717, 1.165) is 0 Å². The monoisotopic (exact) mass is 108 g/mol. The van der Waals surface area contributed by atoms with Crippen LogP contribution in [0.5, 0.6) is 0 Å². The van der Waals surface area contributed by atoms with E-state index < -0.39 is 0 Å². The molecular weight excluding hydrogens is 100 g/mol. The summed E-state index contributed by atoms with van der Waals surface area (Å²) in [5.74, 6) is 5.23. The van der Waals surface area contributed by atoms with Crippen molar-refractivity contribution in [1.29, 1.82) is 0 Å². The molecule has 1 N–H and O–H groups in total. The van der Waals surface area contributed by atoms with E-state index in [4.69, 9.17) is 5.11 Å². The van der Waals surface area contributed by atoms with Crippen molar-refractivity contribution >= 4 is 0 Å². The highest BCUT2D eigenvalue weighted by Crippen LogP contribution is 1.65. The molecule has 1 heteroatoms. The van der Waals surface area contributed by atoms with Crippen LogP contribution < -0.4 is 0 Å². The van der Waals surface area contributed by atoms with Crippen LogP contribution in [-0.4, -0.2) is 11.7 Å². The second kappa shape index (κ2) is 6.00. The molecule has 0 atom stereocenters. The van der Waals surface area contributed by atoms with Crippen LogP contribution in [0, 0.1) is 11.8 Å². The van der Waals surface area contributed by atoms with Gasteiger partial charge in [-0.1, -0.05) is 24.5 Å². The lowest BCUT2D eigenvalue weighted by molar-refractivity contribution is 0.343. The van der Waals surface area contributed by atoms with E-state index in [2.05, 4.69) is 18.4 Å². The Balaban J connectivity index is 3.40. The average molecular weight is 108 g/mol. The molecule has 0 unspecified atom stereocenters. The van der Waals surface area contributed by atoms with E-state index in [-0.39, 0.29) is 6.61 Å². The summed E-state index contributed by atoms with van der Waals surface area (Å²) < 4.78 is 0. The van der Waals surface area contributed by atoms with E-state index >= 15 is 0 Å². The van der Waals surface area contributed by atoms with Crippen molar-refractivity contribution in [2.75, 3.05) is 6.61 Å². The van der Waals surface area contributed by atoms with E-state index in [9.17, 15) is 0 Å². The Morgan fingerprint density at radius 2 is 2.25 bits per heavy atom. The first-order valence-corrected chi connectivity index (χ1v) is 2.29. The molecule has 42 valence electrons. The van der Waals surface area contributed by atoms with Gasteiger partial charge in [-0.05, 0) is 12.2 Å². The third-order valence-corrected chi connectivity index (χ3v) is 0.492. The molecule has 0 fully saturated rings. The molecule has 0 bridgehead atoms. The van der Waals surface area contributed by atoms with Gasteiger partial charge in [0.2, 0.25) is 0 Å². The van der Waals surface area contributed by atoms with Crippen molar-refractivity contribution in [2.45, 2.75) is 0 Å². The van der Waals surface area contributed by atoms with Crippen molar-refractivity contribution in [1.82, 2.24) is 0 Å². The highest BCUT2D eigenvalue weighted by molar-refractivity contribution is 5.21. The Labute approximate surface area is 49.3 Å². The van der Waals surface area contributed by atoms with E-state index in [1.165, 1.54) is 6.08 Å². The van der Waals surface area contributed by atoms with Crippen molar-refractivity contribution in [3.63, 3.8) is 0 Å². The Morgan fingerprint density at radius 3 is 2.75 bits per heavy atom. The first-order valence-electron chi connectivity index (χ1n) is 2.29. The molecular formula is C7H8O. The zero-order valence-electron chi connectivity index (χ0n) is 4.59. The summed E-state index contributed by atoms with van der Waals surface area (Å²) in [6.45, 7) is 3.44. The van der Waals surface area contributed by atoms with E-state index in [1.54, 1.807) is 12.2 Å². The Morgan fingerprint density at radius 1 is 1.50 bits per heavy atom. The van der Waals surface area contributed by atoms with Crippen LogP contribution in [0.25, 0.3) is 0 Å². The molecule has 0 aromatic rings. The van der Waals surface area contributed by atoms with E-state index in [0.29, 0.717) is 0 Å². The predicted octanol–water partition coefficient (Wildman–Crippen LogP) is 0.724. The quantitative estimate of drug-likeness (QED) is 0.491. The fourth-order valence-electron chi connectivity index (χ4n) is 0.219. The maximum Gasteiger partial charge on any atom is 0.0621 e. The molecule has 0 saturated heterocycles. The lowest BCUT2D eigenvalue weighted by Crippen LogP contribution is -1.67. The molecule has 0 aliphatic carbocycles. The molecule has 0 radical (unpaired) electrons. The van der Waals surface area contributed by atoms with Crippen molar-refractivity contribution < 1.29 is 5.11 Å². The molecule has 0 aromatic heterocycles. The molecule has 0 amide bonds. The third kappa shape index (κ3) is 5.00. The topological polar surface area (TPSA) is 20.2 Å². The van der Waals surface area contributed by atoms with Gasteiger partial charge in [-0.2, -0.15) is 0 Å². The van der Waals surface area contributed by atoms with Crippen LogP contribution >= 0.6 is 0 Å². The summed E-state index contributed by atoms with van der Waals surface area (Å²) >= 11 is 0. The van der Waals surface area contributed by atoms with Gasteiger partial charge in [0.05, 0.1) is 6.61 Å². The second-order valence-electron chi connectivity index (χ2n) is 1.08. The lowest BCUT2D eigenvalue weighted by Gasteiger charge is -1.68. The lowest BCUT2D eigenvalue weighted by atomic mass is 10.5. The minimum absolute atomic E-state index is 0.0474. The molecule has 0 aliphatic heterocycles. The van der Waals surface area contributed by atoms with Gasteiger partial charge in [0.15, 0.2) is 0 Å². The standard InChI is InChI=1S/C7H8O/c1-2-3-4-5-6-7-8/h2,5-6,8H,1,7H2. The van der Waals surface area contributed by atoms with Crippen molar-refractivity contribution in [2.24, 2.45) is 0 Å². The van der Waals surface area contributed by atoms with Gasteiger partial charge in [-0.15, -0.1) is 0 Å². The molecule has 0 spiro atoms. The Kier molecular flexibility index (Phi) is 5.25. The minimum Gasteiger partial charge on any atom is -0.392 e. The number of hydrogen-bond acceptors (Lipinski definition) is 1. The molecule has 0 saturated carbocycles. The zero-order chi connectivity index (χ0) is 6.24. The number of allylic oxidation sites excluding steroid dienone is 2. The van der Waals surface area contributed by atoms with Crippen LogP contribution in [0.4, 0.5) is 0 Å². The molecule has 0 aliphatic rings. The van der Waals surface area contributed by atoms with Crippen molar-refractivity contribution in [3.05, 3.63) is 24.8 Å². The van der Waals surface area contributed by atoms with Gasteiger partial charge >= 0.3 is 0 Å². The summed E-state index contributed by atoms with van der Waals surface area (Å²) in [5, 5.41) is 8.19. The summed E-state index contributed by atoms with van der Waals surface area (Å²) in [4.78, 5) is 0. The molecule has 0 aromatic carbocycles. The number of aliphatic hydroxyl groups is 1. The van der Waals surface area contributed by atoms with Crippen LogP contribution in [0.2, 0.25) is 0 Å². The Bertz CT molecular complexity index is 134. The van der Waals surface area contributed by atoms with Crippen LogP contribution in [0.3, 0.4) is 0 Å². The van der Waals surface area contributed by atoms with Gasteiger partial charge in [-0.3, -0.25) is 0 Å². The number of hydrogen-bond donors (Lipinski definition) is 1. The zero-order valence-corrected chi connectivity index (χ0v) is 4.59. The first-order chi connectivity index (χ1) is 3.91. The highest BCUT2D eigenvalue weighted by atomic mass is 16.2. The third-order valence-electron chi connectivity index (χ3n) is 0.492. The van der Waals surface area contributed by atoms with Gasteiger partial charge in [0.1, 0.15) is 0 Å². The fraction of sp³-hybridized carbons (Fsp3) is 0.143. The van der Waals surface area contributed by atoms with Gasteiger partial charge in [-0.25, -0.2) is 0 Å². The minimum atomic E-state index is 0.0474. The van der Waals surface area contributed by atoms with Gasteiger partial charge in [0.25, 0.3) is 0 Å². The largest absolute Gasteiger partial charge is 0.392 e. The normalized spacial score (nSPS) is 8.12. The van der Waals surface area contributed by atoms with Gasteiger partial charge < -0.3 is 5.11 Å². The number of rotatable bonds is 1.